The molecular formula is C11H18N2O. The molecular weight excluding hydrogens is 176 g/mol. The maximum Gasteiger partial charge on any atom is 0.119 e. The molecule has 1 aromatic carbocycles. The van der Waals surface area contributed by atoms with E-state index in [4.69, 9.17) is 10.5 Å². The molecule has 0 fully saturated rings. The summed E-state index contributed by atoms with van der Waals surface area (Å²) < 4.78 is 5.51. The molecule has 3 N–H and O–H groups in total. The highest BCUT2D eigenvalue weighted by Gasteiger charge is 1.91. The van der Waals surface area contributed by atoms with E-state index in [0.717, 1.165) is 31.9 Å². The monoisotopic (exact) mass is 194 g/mol. The molecule has 0 saturated carbocycles. The summed E-state index contributed by atoms with van der Waals surface area (Å²) in [6.07, 6.45) is 1.01. The summed E-state index contributed by atoms with van der Waals surface area (Å²) in [5.74, 6) is 0.936. The minimum absolute atomic E-state index is 0.694. The van der Waals surface area contributed by atoms with Crippen LogP contribution in [0.4, 0.5) is 0 Å². The summed E-state index contributed by atoms with van der Waals surface area (Å²) >= 11 is 0. The predicted molar refractivity (Wildman–Crippen MR) is 58.5 cm³/mol. The molecule has 0 spiro atoms. The first-order valence-electron chi connectivity index (χ1n) is 5.02. The third kappa shape index (κ3) is 4.84. The zero-order valence-electron chi connectivity index (χ0n) is 8.41. The molecule has 0 aromatic heterocycles. The third-order valence-corrected chi connectivity index (χ3v) is 1.83. The Morgan fingerprint density at radius 3 is 2.64 bits per heavy atom. The highest BCUT2D eigenvalue weighted by Crippen LogP contribution is 2.07. The molecule has 78 valence electrons. The van der Waals surface area contributed by atoms with Crippen LogP contribution in [0.25, 0.3) is 0 Å². The Kier molecular flexibility index (Phi) is 5.79. The van der Waals surface area contributed by atoms with Crippen molar-refractivity contribution in [3.8, 4) is 5.75 Å². The summed E-state index contributed by atoms with van der Waals surface area (Å²) in [6, 6.07) is 9.86. The lowest BCUT2D eigenvalue weighted by atomic mass is 10.3. The van der Waals surface area contributed by atoms with Crippen LogP contribution in [-0.4, -0.2) is 26.2 Å². The van der Waals surface area contributed by atoms with Crippen LogP contribution in [0, 0.1) is 0 Å². The highest BCUT2D eigenvalue weighted by atomic mass is 16.5. The second-order valence-electron chi connectivity index (χ2n) is 3.05. The van der Waals surface area contributed by atoms with E-state index in [1.165, 1.54) is 0 Å². The number of nitrogens with two attached hydrogens (primary N) is 1. The van der Waals surface area contributed by atoms with Crippen molar-refractivity contribution in [2.24, 2.45) is 5.73 Å². The molecule has 1 rings (SSSR count). The molecule has 0 aliphatic carbocycles. The molecule has 14 heavy (non-hydrogen) atoms. The molecule has 0 radical (unpaired) electrons. The fourth-order valence-electron chi connectivity index (χ4n) is 1.13. The SMILES string of the molecule is NCCNCCCOc1ccccc1. The largest absolute Gasteiger partial charge is 0.494 e. The van der Waals surface area contributed by atoms with Gasteiger partial charge in [0.15, 0.2) is 0 Å². The van der Waals surface area contributed by atoms with Crippen LogP contribution in [0.1, 0.15) is 6.42 Å². The van der Waals surface area contributed by atoms with E-state index in [1.807, 2.05) is 30.3 Å². The zero-order valence-corrected chi connectivity index (χ0v) is 8.41. The van der Waals surface area contributed by atoms with Crippen molar-refractivity contribution in [1.29, 1.82) is 0 Å². The van der Waals surface area contributed by atoms with Crippen LogP contribution in [-0.2, 0) is 0 Å². The van der Waals surface area contributed by atoms with Gasteiger partial charge in [0.1, 0.15) is 5.75 Å². The van der Waals surface area contributed by atoms with Gasteiger partial charge in [-0.25, -0.2) is 0 Å². The molecule has 3 nitrogen and oxygen atoms in total. The van der Waals surface area contributed by atoms with Gasteiger partial charge in [0.25, 0.3) is 0 Å². The summed E-state index contributed by atoms with van der Waals surface area (Å²) in [5, 5.41) is 3.22. The predicted octanol–water partition coefficient (Wildman–Crippen LogP) is 1.00. The Labute approximate surface area is 85.3 Å². The molecule has 0 atom stereocenters. The Hall–Kier alpha value is -1.06. The molecule has 0 bridgehead atoms. The van der Waals surface area contributed by atoms with E-state index in [2.05, 4.69) is 5.32 Å². The van der Waals surface area contributed by atoms with Gasteiger partial charge in [-0.1, -0.05) is 18.2 Å². The molecule has 0 unspecified atom stereocenters. The van der Waals surface area contributed by atoms with Gasteiger partial charge in [0.2, 0.25) is 0 Å². The summed E-state index contributed by atoms with van der Waals surface area (Å²) in [4.78, 5) is 0. The van der Waals surface area contributed by atoms with Gasteiger partial charge in [-0.2, -0.15) is 0 Å². The van der Waals surface area contributed by atoms with E-state index in [0.29, 0.717) is 6.54 Å². The second-order valence-corrected chi connectivity index (χ2v) is 3.05. The maximum atomic E-state index is 5.51. The Morgan fingerprint density at radius 1 is 1.14 bits per heavy atom. The fraction of sp³-hybridized carbons (Fsp3) is 0.455. The number of hydrogen-bond donors (Lipinski definition) is 2. The zero-order chi connectivity index (χ0) is 10.1. The van der Waals surface area contributed by atoms with Crippen LogP contribution in [0.3, 0.4) is 0 Å². The number of hydrogen-bond acceptors (Lipinski definition) is 3. The summed E-state index contributed by atoms with van der Waals surface area (Å²) in [7, 11) is 0. The minimum Gasteiger partial charge on any atom is -0.494 e. The lowest BCUT2D eigenvalue weighted by molar-refractivity contribution is 0.308. The van der Waals surface area contributed by atoms with Crippen molar-refractivity contribution < 1.29 is 4.74 Å². The average molecular weight is 194 g/mol. The van der Waals surface area contributed by atoms with E-state index in [9.17, 15) is 0 Å². The van der Waals surface area contributed by atoms with Gasteiger partial charge in [0.05, 0.1) is 6.61 Å². The van der Waals surface area contributed by atoms with Crippen molar-refractivity contribution >= 4 is 0 Å². The van der Waals surface area contributed by atoms with Gasteiger partial charge in [0, 0.05) is 13.1 Å². The minimum atomic E-state index is 0.694. The molecule has 0 amide bonds. The topological polar surface area (TPSA) is 47.3 Å². The van der Waals surface area contributed by atoms with Gasteiger partial charge < -0.3 is 15.8 Å². The van der Waals surface area contributed by atoms with Crippen LogP contribution < -0.4 is 15.8 Å². The van der Waals surface area contributed by atoms with Crippen molar-refractivity contribution in [3.05, 3.63) is 30.3 Å². The van der Waals surface area contributed by atoms with E-state index >= 15 is 0 Å². The standard InChI is InChI=1S/C11H18N2O/c12-7-9-13-8-4-10-14-11-5-2-1-3-6-11/h1-3,5-6,13H,4,7-10,12H2. The molecule has 1 aromatic rings. The summed E-state index contributed by atoms with van der Waals surface area (Å²) in [5.41, 5.74) is 5.34. The van der Waals surface area contributed by atoms with Gasteiger partial charge in [-0.15, -0.1) is 0 Å². The van der Waals surface area contributed by atoms with Gasteiger partial charge in [-0.3, -0.25) is 0 Å². The third-order valence-electron chi connectivity index (χ3n) is 1.83. The van der Waals surface area contributed by atoms with Crippen LogP contribution >= 0.6 is 0 Å². The summed E-state index contributed by atoms with van der Waals surface area (Å²) in [6.45, 7) is 3.29. The first-order valence-corrected chi connectivity index (χ1v) is 5.02. The maximum absolute atomic E-state index is 5.51. The van der Waals surface area contributed by atoms with Crippen LogP contribution in [0.15, 0.2) is 30.3 Å². The smallest absolute Gasteiger partial charge is 0.119 e. The lowest BCUT2D eigenvalue weighted by Gasteiger charge is -2.06. The quantitative estimate of drug-likeness (QED) is 0.637. The van der Waals surface area contributed by atoms with E-state index in [1.54, 1.807) is 0 Å². The average Bonchev–Trinajstić information content (AvgIpc) is 2.25. The first-order chi connectivity index (χ1) is 6.93. The van der Waals surface area contributed by atoms with Crippen LogP contribution in [0.2, 0.25) is 0 Å². The number of nitrogens with one attached hydrogen (secondary N) is 1. The van der Waals surface area contributed by atoms with Crippen molar-refractivity contribution in [3.63, 3.8) is 0 Å². The number of para-hydroxylation sites is 1. The molecule has 3 heteroatoms. The van der Waals surface area contributed by atoms with Crippen molar-refractivity contribution in [2.75, 3.05) is 26.2 Å². The normalized spacial score (nSPS) is 10.1. The number of rotatable bonds is 7. The molecule has 0 aliphatic heterocycles. The highest BCUT2D eigenvalue weighted by molar-refractivity contribution is 5.20. The van der Waals surface area contributed by atoms with Crippen LogP contribution in [0.5, 0.6) is 5.75 Å². The van der Waals surface area contributed by atoms with E-state index in [-0.39, 0.29) is 0 Å². The van der Waals surface area contributed by atoms with Gasteiger partial charge >= 0.3 is 0 Å². The Balaban J connectivity index is 1.99. The molecule has 0 heterocycles. The van der Waals surface area contributed by atoms with Gasteiger partial charge in [-0.05, 0) is 25.1 Å². The van der Waals surface area contributed by atoms with E-state index < -0.39 is 0 Å². The number of ether oxygens (including phenoxy) is 1. The van der Waals surface area contributed by atoms with Crippen molar-refractivity contribution in [1.82, 2.24) is 5.32 Å². The Morgan fingerprint density at radius 2 is 1.93 bits per heavy atom. The second kappa shape index (κ2) is 7.35. The molecule has 0 aliphatic rings. The fourth-order valence-corrected chi connectivity index (χ4v) is 1.13. The van der Waals surface area contributed by atoms with Crippen molar-refractivity contribution in [2.45, 2.75) is 6.42 Å². The number of benzene rings is 1. The Bertz CT molecular complexity index is 226. The lowest BCUT2D eigenvalue weighted by Crippen LogP contribution is -2.24. The first kappa shape index (κ1) is 11.0. The molecule has 0 saturated heterocycles.